The fourth-order valence-corrected chi connectivity index (χ4v) is 1.79. The van der Waals surface area contributed by atoms with E-state index in [0.29, 0.717) is 11.7 Å². The van der Waals surface area contributed by atoms with Gasteiger partial charge in [-0.25, -0.2) is 0 Å². The molecule has 0 radical (unpaired) electrons. The molecule has 7 heteroatoms. The molecule has 0 aromatic carbocycles. The molecular weight excluding hydrogens is 250 g/mol. The molecule has 1 N–H and O–H groups in total. The number of amides is 1. The number of rotatable bonds is 4. The summed E-state index contributed by atoms with van der Waals surface area (Å²) >= 11 is 6.88. The van der Waals surface area contributed by atoms with E-state index in [2.05, 4.69) is 15.5 Å². The Bertz CT molecular complexity index is 469. The van der Waals surface area contributed by atoms with Crippen LogP contribution in [0.15, 0.2) is 21.3 Å². The van der Waals surface area contributed by atoms with Crippen LogP contribution in [0.3, 0.4) is 0 Å². The molecule has 0 saturated heterocycles. The van der Waals surface area contributed by atoms with E-state index in [0.717, 1.165) is 5.56 Å². The number of halogens is 1. The second kappa shape index (κ2) is 5.09. The Kier molecular flexibility index (Phi) is 3.53. The van der Waals surface area contributed by atoms with Crippen molar-refractivity contribution in [3.05, 3.63) is 22.7 Å². The van der Waals surface area contributed by atoms with Crippen LogP contribution in [0, 0.1) is 0 Å². The Morgan fingerprint density at radius 1 is 1.62 bits per heavy atom. The van der Waals surface area contributed by atoms with E-state index in [1.165, 1.54) is 0 Å². The molecule has 2 heterocycles. The quantitative estimate of drug-likeness (QED) is 0.846. The van der Waals surface area contributed by atoms with E-state index in [-0.39, 0.29) is 18.3 Å². The number of thiophene rings is 1. The summed E-state index contributed by atoms with van der Waals surface area (Å²) in [5.74, 6) is 0.541. The molecule has 0 aliphatic heterocycles. The molecule has 0 aliphatic rings. The Balaban J connectivity index is 2.00. The van der Waals surface area contributed by atoms with Crippen molar-refractivity contribution >= 4 is 28.8 Å². The molecule has 0 spiro atoms. The van der Waals surface area contributed by atoms with Crippen molar-refractivity contribution in [3.8, 4) is 11.4 Å². The number of aromatic nitrogens is 2. The van der Waals surface area contributed by atoms with Gasteiger partial charge >= 0.3 is 0 Å². The van der Waals surface area contributed by atoms with Gasteiger partial charge in [0, 0.05) is 10.9 Å². The molecule has 0 fully saturated rings. The molecular formula is C9H8ClN3O2S. The first kappa shape index (κ1) is 11.1. The van der Waals surface area contributed by atoms with Crippen LogP contribution in [0.25, 0.3) is 11.4 Å². The Labute approximate surface area is 100 Å². The predicted octanol–water partition coefficient (Wildman–Crippen LogP) is 1.65. The normalized spacial score (nSPS) is 10.3. The summed E-state index contributed by atoms with van der Waals surface area (Å²) in [6.45, 7) is 0.197. The molecule has 16 heavy (non-hydrogen) atoms. The van der Waals surface area contributed by atoms with Crippen molar-refractivity contribution in [2.24, 2.45) is 0 Å². The van der Waals surface area contributed by atoms with Crippen LogP contribution in [-0.4, -0.2) is 21.9 Å². The third kappa shape index (κ3) is 2.59. The molecule has 5 nitrogen and oxygen atoms in total. The summed E-state index contributed by atoms with van der Waals surface area (Å²) in [6, 6.07) is 1.90. The lowest BCUT2D eigenvalue weighted by molar-refractivity contribution is -0.118. The van der Waals surface area contributed by atoms with Crippen LogP contribution in [0.1, 0.15) is 5.89 Å². The van der Waals surface area contributed by atoms with Crippen molar-refractivity contribution < 1.29 is 9.32 Å². The second-order valence-corrected chi connectivity index (χ2v) is 3.98. The number of alkyl halides is 1. The molecule has 0 aliphatic carbocycles. The smallest absolute Gasteiger partial charge is 0.246 e. The zero-order valence-corrected chi connectivity index (χ0v) is 9.72. The molecule has 2 aromatic rings. The van der Waals surface area contributed by atoms with Crippen molar-refractivity contribution in [3.63, 3.8) is 0 Å². The van der Waals surface area contributed by atoms with Gasteiger partial charge in [-0.2, -0.15) is 16.3 Å². The average molecular weight is 258 g/mol. The molecule has 0 bridgehead atoms. The average Bonchev–Trinajstić information content (AvgIpc) is 2.95. The molecule has 2 rings (SSSR count). The van der Waals surface area contributed by atoms with E-state index >= 15 is 0 Å². The fourth-order valence-electron chi connectivity index (χ4n) is 1.06. The highest BCUT2D eigenvalue weighted by Gasteiger charge is 2.09. The minimum atomic E-state index is -0.267. The number of carbonyl (C=O) groups is 1. The summed E-state index contributed by atoms with van der Waals surface area (Å²) in [6.07, 6.45) is 0. The fraction of sp³-hybridized carbons (Fsp3) is 0.222. The van der Waals surface area contributed by atoms with Crippen molar-refractivity contribution in [2.45, 2.75) is 6.54 Å². The molecule has 0 unspecified atom stereocenters. The van der Waals surface area contributed by atoms with Gasteiger partial charge in [0.15, 0.2) is 0 Å². The first-order valence-corrected chi connectivity index (χ1v) is 5.95. The maximum atomic E-state index is 10.9. The summed E-state index contributed by atoms with van der Waals surface area (Å²) in [5, 5.41) is 10.2. The van der Waals surface area contributed by atoms with E-state index < -0.39 is 0 Å². The molecule has 0 atom stereocenters. The third-order valence-electron chi connectivity index (χ3n) is 1.81. The van der Waals surface area contributed by atoms with Crippen molar-refractivity contribution in [1.82, 2.24) is 15.5 Å². The van der Waals surface area contributed by atoms with Crippen molar-refractivity contribution in [2.75, 3.05) is 5.88 Å². The molecule has 84 valence electrons. The Morgan fingerprint density at radius 3 is 3.19 bits per heavy atom. The number of carbonyl (C=O) groups excluding carboxylic acids is 1. The van der Waals surface area contributed by atoms with Gasteiger partial charge in [0.25, 0.3) is 0 Å². The standard InChI is InChI=1S/C9H8ClN3O2S/c10-3-7(14)11-4-8-12-9(13-15-8)6-1-2-16-5-6/h1-2,5H,3-4H2,(H,11,14). The number of hydrogen-bond donors (Lipinski definition) is 1. The summed E-state index contributed by atoms with van der Waals surface area (Å²) < 4.78 is 4.97. The summed E-state index contributed by atoms with van der Waals surface area (Å²) in [4.78, 5) is 15.0. The van der Waals surface area contributed by atoms with Gasteiger partial charge in [-0.1, -0.05) is 5.16 Å². The largest absolute Gasteiger partial charge is 0.346 e. The predicted molar refractivity (Wildman–Crippen MR) is 60.2 cm³/mol. The van der Waals surface area contributed by atoms with Crippen LogP contribution in [-0.2, 0) is 11.3 Å². The molecule has 1 amide bonds. The lowest BCUT2D eigenvalue weighted by Gasteiger charge is -1.95. The molecule has 2 aromatic heterocycles. The van der Waals surface area contributed by atoms with Gasteiger partial charge < -0.3 is 9.84 Å². The number of nitrogens with zero attached hydrogens (tertiary/aromatic N) is 2. The third-order valence-corrected chi connectivity index (χ3v) is 2.73. The highest BCUT2D eigenvalue weighted by atomic mass is 35.5. The van der Waals surface area contributed by atoms with Gasteiger partial charge in [0.2, 0.25) is 17.6 Å². The van der Waals surface area contributed by atoms with E-state index in [1.807, 2.05) is 16.8 Å². The SMILES string of the molecule is O=C(CCl)NCc1nc(-c2ccsc2)no1. The van der Waals surface area contributed by atoms with Crippen molar-refractivity contribution in [1.29, 1.82) is 0 Å². The van der Waals surface area contributed by atoms with Gasteiger partial charge in [-0.3, -0.25) is 4.79 Å². The van der Waals surface area contributed by atoms with Gasteiger partial charge in [-0.15, -0.1) is 11.6 Å². The minimum Gasteiger partial charge on any atom is -0.346 e. The zero-order chi connectivity index (χ0) is 11.4. The zero-order valence-electron chi connectivity index (χ0n) is 8.14. The topological polar surface area (TPSA) is 68.0 Å². The summed E-state index contributed by atoms with van der Waals surface area (Å²) in [7, 11) is 0. The minimum absolute atomic E-state index is 0.0779. The maximum absolute atomic E-state index is 10.9. The first-order valence-electron chi connectivity index (χ1n) is 4.47. The van der Waals surface area contributed by atoms with Crippen LogP contribution < -0.4 is 5.32 Å². The number of hydrogen-bond acceptors (Lipinski definition) is 5. The first-order chi connectivity index (χ1) is 7.79. The Hall–Kier alpha value is -1.40. The monoisotopic (exact) mass is 257 g/mol. The van der Waals surface area contributed by atoms with E-state index in [4.69, 9.17) is 16.1 Å². The lowest BCUT2D eigenvalue weighted by atomic mass is 10.3. The van der Waals surface area contributed by atoms with Gasteiger partial charge in [0.1, 0.15) is 5.88 Å². The van der Waals surface area contributed by atoms with Crippen LogP contribution in [0.5, 0.6) is 0 Å². The van der Waals surface area contributed by atoms with Gasteiger partial charge in [-0.05, 0) is 11.4 Å². The van der Waals surface area contributed by atoms with Gasteiger partial charge in [0.05, 0.1) is 6.54 Å². The Morgan fingerprint density at radius 2 is 2.50 bits per heavy atom. The van der Waals surface area contributed by atoms with Crippen LogP contribution >= 0.6 is 22.9 Å². The highest BCUT2D eigenvalue weighted by molar-refractivity contribution is 7.08. The van der Waals surface area contributed by atoms with Crippen LogP contribution in [0.4, 0.5) is 0 Å². The van der Waals surface area contributed by atoms with E-state index in [1.54, 1.807) is 11.3 Å². The van der Waals surface area contributed by atoms with E-state index in [9.17, 15) is 4.79 Å². The maximum Gasteiger partial charge on any atom is 0.246 e. The molecule has 0 saturated carbocycles. The highest BCUT2D eigenvalue weighted by Crippen LogP contribution is 2.18. The lowest BCUT2D eigenvalue weighted by Crippen LogP contribution is -2.23. The number of nitrogens with one attached hydrogen (secondary N) is 1. The van der Waals surface area contributed by atoms with Crippen LogP contribution in [0.2, 0.25) is 0 Å². The summed E-state index contributed by atoms with van der Waals surface area (Å²) in [5.41, 5.74) is 0.906. The second-order valence-electron chi connectivity index (χ2n) is 2.93.